The van der Waals surface area contributed by atoms with Crippen LogP contribution in [0.5, 0.6) is 23.0 Å². The molecule has 8 bridgehead atoms. The van der Waals surface area contributed by atoms with Gasteiger partial charge in [0.2, 0.25) is 53.2 Å². The molecule has 20 N–H and O–H groups in total. The first-order valence-electron chi connectivity index (χ1n) is 49.9. The largest absolute Gasteiger partial charge is 0.507 e. The van der Waals surface area contributed by atoms with Crippen molar-refractivity contribution in [3.05, 3.63) is 95.1 Å². The zero-order valence-corrected chi connectivity index (χ0v) is 84.2. The number of carboxylic acid groups (broad SMARTS) is 1. The summed E-state index contributed by atoms with van der Waals surface area (Å²) in [6.07, 6.45) is 28.1. The standard InChI is InChI=1S/C52H79N5O13.C48H70N4O11.C4H11NO3/c1-6-7-8-9-10-11-12-13-14-15-16-17-18-19-46(66)56(4)41(30-58)51(70)53-35(3)42(62)24-25-47(67)57(5)48-37-21-23-44(64)39(29-37)38-27-36(20-22-43(38)63)28-40(54-49(68)34(2)26-45(48)65)50(69)55-52(31-59,32-60)33-61;1-6-7-8-9-10-11-12-13-14-15-16-17-18-19-43(58)51(4)38(30-53)47(61)49-32(3)39(54)24-25-44(59)52(5)45-34-21-23-41(56)36(29-34)35-27-33(20-22-40(35)55)28-37(48(62)63)50-46(60)31(2)26-42(45)57;5-4(1-6,2-7)3-8/h20-23,27,29,34-35,40-41,48,58-61,63-64H,6-19,24-26,28,30-33H2,1-5H3,(H,53,70)(H,54,68)(H,55,69);20-23,27,29,31-32,37-38,45,53,55-56H,6-19,24-26,28,30H2,1-5H3,(H,49,61)(H,50,60)(H,62,63);6-8H,1-3,5H2/t34-,35-,40+,41-,48+;31-,32-,37+,38-,45+;/m11./s1. The van der Waals surface area contributed by atoms with Gasteiger partial charge in [-0.05, 0) is 97.5 Å². The molecule has 9 amide bonds. The highest BCUT2D eigenvalue weighted by Gasteiger charge is 2.40. The van der Waals surface area contributed by atoms with Crippen LogP contribution in [0.4, 0.5) is 0 Å². The number of phenolic OH excluding ortho intramolecular Hbond substituents is 4. The number of likely N-dealkylation sites (N-methyl/N-ethyl adjacent to an activating group) is 4. The minimum atomic E-state index is -1.83. The van der Waals surface area contributed by atoms with Crippen molar-refractivity contribution >= 4 is 82.3 Å². The Morgan fingerprint density at radius 1 is 0.397 bits per heavy atom. The molecule has 2 aliphatic heterocycles. The van der Waals surface area contributed by atoms with Gasteiger partial charge < -0.3 is 118 Å². The number of carboxylic acids is 1. The first-order chi connectivity index (χ1) is 67.0. The van der Waals surface area contributed by atoms with E-state index in [-0.39, 0.29) is 113 Å². The summed E-state index contributed by atoms with van der Waals surface area (Å²) in [4.78, 5) is 192. The highest BCUT2D eigenvalue weighted by atomic mass is 16.4. The van der Waals surface area contributed by atoms with Gasteiger partial charge in [0.1, 0.15) is 64.8 Å². The van der Waals surface area contributed by atoms with E-state index < -0.39 is 214 Å². The second kappa shape index (κ2) is 63.9. The molecule has 6 rings (SSSR count). The Morgan fingerprint density at radius 2 is 0.695 bits per heavy atom. The number of Topliss-reactive ketones (excluding diaryl/α,β-unsaturated/α-hetero) is 4. The second-order valence-electron chi connectivity index (χ2n) is 37.9. The summed E-state index contributed by atoms with van der Waals surface area (Å²) in [5.41, 5.74) is 3.79. The summed E-state index contributed by atoms with van der Waals surface area (Å²) in [5.74, 6) is -12.4. The number of aliphatic carboxylic acids is 1. The number of hydrogen-bond donors (Lipinski definition) is 19. The fourth-order valence-corrected chi connectivity index (χ4v) is 16.6. The van der Waals surface area contributed by atoms with Gasteiger partial charge in [-0.1, -0.05) is 206 Å². The lowest BCUT2D eigenvalue weighted by Gasteiger charge is -2.32. The fraction of sp³-hybridized carbons (Fsp3) is 0.635. The minimum absolute atomic E-state index is 0.0679. The van der Waals surface area contributed by atoms with Crippen LogP contribution in [0, 0.1) is 11.8 Å². The third-order valence-corrected chi connectivity index (χ3v) is 26.3. The van der Waals surface area contributed by atoms with Crippen molar-refractivity contribution in [1.82, 2.24) is 46.2 Å². The molecule has 10 atom stereocenters. The molecule has 0 unspecified atom stereocenters. The molecule has 0 radical (unpaired) electrons. The van der Waals surface area contributed by atoms with Gasteiger partial charge in [-0.3, -0.25) is 62.3 Å². The van der Waals surface area contributed by atoms with Crippen molar-refractivity contribution in [2.45, 2.75) is 332 Å². The van der Waals surface area contributed by atoms with E-state index in [0.29, 0.717) is 24.0 Å². The number of phenols is 4. The van der Waals surface area contributed by atoms with Crippen LogP contribution < -0.4 is 32.3 Å². The number of carbonyl (C=O) groups excluding carboxylic acids is 13. The van der Waals surface area contributed by atoms with Gasteiger partial charge in [-0.25, -0.2) is 4.79 Å². The third-order valence-electron chi connectivity index (χ3n) is 26.3. The van der Waals surface area contributed by atoms with Gasteiger partial charge in [-0.2, -0.15) is 0 Å². The van der Waals surface area contributed by atoms with Crippen molar-refractivity contribution in [3.8, 4) is 45.3 Å². The number of aliphatic hydroxyl groups is 8. The monoisotopic (exact) mass is 1980 g/mol. The number of carbonyl (C=O) groups is 14. The summed E-state index contributed by atoms with van der Waals surface area (Å²) in [6, 6.07) is 6.75. The number of rotatable bonds is 55. The van der Waals surface area contributed by atoms with Crippen molar-refractivity contribution < 1.29 is 134 Å². The molecule has 141 heavy (non-hydrogen) atoms. The van der Waals surface area contributed by atoms with Gasteiger partial charge in [0, 0.05) is 126 Å². The van der Waals surface area contributed by atoms with E-state index in [1.165, 1.54) is 254 Å². The lowest BCUT2D eigenvalue weighted by atomic mass is 9.89. The number of hydrogen-bond acceptors (Lipinski definition) is 27. The Hall–Kier alpha value is -10.9. The molecule has 788 valence electrons. The zero-order chi connectivity index (χ0) is 105. The van der Waals surface area contributed by atoms with Gasteiger partial charge in [0.05, 0.1) is 70.5 Å². The quantitative estimate of drug-likeness (QED) is 0.0188. The van der Waals surface area contributed by atoms with Crippen molar-refractivity contribution in [3.63, 3.8) is 0 Å². The molecule has 0 aromatic heterocycles. The molecule has 37 heteroatoms. The van der Waals surface area contributed by atoms with Crippen molar-refractivity contribution in [2.24, 2.45) is 17.6 Å². The Kier molecular flexibility index (Phi) is 55.5. The minimum Gasteiger partial charge on any atom is -0.507 e. The highest BCUT2D eigenvalue weighted by Crippen LogP contribution is 2.42. The summed E-state index contributed by atoms with van der Waals surface area (Å²) >= 11 is 0. The molecule has 2 heterocycles. The number of benzene rings is 4. The fourth-order valence-electron chi connectivity index (χ4n) is 16.6. The second-order valence-corrected chi connectivity index (χ2v) is 37.9. The maximum atomic E-state index is 14.3. The van der Waals surface area contributed by atoms with Gasteiger partial charge >= 0.3 is 5.97 Å². The molecular formula is C104H160N10O27. The molecular weight excluding hydrogens is 1820 g/mol. The van der Waals surface area contributed by atoms with Crippen molar-refractivity contribution in [1.29, 1.82) is 0 Å². The van der Waals surface area contributed by atoms with Crippen LogP contribution >= 0.6 is 0 Å². The summed E-state index contributed by atoms with van der Waals surface area (Å²) in [6.45, 7) is 5.16. The Bertz CT molecular complexity index is 4660. The van der Waals surface area contributed by atoms with Crippen LogP contribution in [0.15, 0.2) is 72.8 Å². The molecule has 2 aliphatic rings. The van der Waals surface area contributed by atoms with E-state index in [1.807, 2.05) is 0 Å². The van der Waals surface area contributed by atoms with E-state index in [4.69, 9.17) is 21.1 Å². The molecule has 0 aliphatic carbocycles. The van der Waals surface area contributed by atoms with Crippen LogP contribution in [-0.2, 0) is 80.0 Å². The van der Waals surface area contributed by atoms with Gasteiger partial charge in [-0.15, -0.1) is 0 Å². The van der Waals surface area contributed by atoms with Crippen LogP contribution in [0.25, 0.3) is 22.3 Å². The number of amides is 9. The van der Waals surface area contributed by atoms with Crippen LogP contribution in [0.3, 0.4) is 0 Å². The van der Waals surface area contributed by atoms with E-state index in [2.05, 4.69) is 40.4 Å². The number of unbranched alkanes of at least 4 members (excludes halogenated alkanes) is 24. The van der Waals surface area contributed by atoms with Crippen LogP contribution in [-0.4, -0.2) is 297 Å². The lowest BCUT2D eigenvalue weighted by Crippen LogP contribution is -2.61. The normalized spacial score (nSPS) is 17.0. The third kappa shape index (κ3) is 40.1. The summed E-state index contributed by atoms with van der Waals surface area (Å²) in [5, 5.41) is 141. The molecule has 4 aromatic rings. The first-order valence-corrected chi connectivity index (χ1v) is 49.9. The average Bonchev–Trinajstić information content (AvgIpc) is 0.787. The molecule has 0 fully saturated rings. The number of aromatic hydroxyl groups is 4. The number of nitrogens with two attached hydrogens (primary N) is 1. The smallest absolute Gasteiger partial charge is 0.326 e. The van der Waals surface area contributed by atoms with E-state index in [0.717, 1.165) is 48.3 Å². The van der Waals surface area contributed by atoms with Crippen LogP contribution in [0.2, 0.25) is 0 Å². The van der Waals surface area contributed by atoms with Crippen molar-refractivity contribution in [2.75, 3.05) is 81.0 Å². The molecule has 37 nitrogen and oxygen atoms in total. The predicted octanol–water partition coefficient (Wildman–Crippen LogP) is 7.69. The summed E-state index contributed by atoms with van der Waals surface area (Å²) < 4.78 is 0. The number of fused-ring (bicyclic) bond motifs is 10. The van der Waals surface area contributed by atoms with Crippen LogP contribution in [0.1, 0.15) is 294 Å². The number of nitrogens with zero attached hydrogens (tertiary/aromatic N) is 4. The number of ketones is 4. The Morgan fingerprint density at radius 3 is 0.993 bits per heavy atom. The maximum Gasteiger partial charge on any atom is 0.326 e. The number of nitrogens with one attached hydrogen (secondary N) is 5. The average molecular weight is 1980 g/mol. The SMILES string of the molecule is CCCCCCCCCCCCCCCC(=O)N(C)[C@H](CO)C(=O)N[C@H](C)C(=O)CCC(=O)N(C)[C@@H]1C(=O)C[C@@H](C)C(=O)N[C@H](C(=O)NC(CO)(CO)CO)Cc2ccc(O)c(c2)-c2cc1ccc2O.CCCCCCCCCCCCCCCC(=O)N(C)[C@H](CO)C(=O)N[C@H](C)C(=O)CCC(=O)N(C)[C@@H]1C(=O)C[C@@H](C)C(=O)N[C@H](C(=O)O)Cc2ccc(O)c(c2)-c2cc1ccc2O.NC(CO)(CO)CO. The zero-order valence-electron chi connectivity index (χ0n) is 84.2. The maximum absolute atomic E-state index is 14.3. The molecule has 4 aromatic carbocycles. The molecule has 0 saturated carbocycles. The topological polar surface area (TPSA) is 601 Å². The Balaban J connectivity index is 0.000000547. The summed E-state index contributed by atoms with van der Waals surface area (Å²) in [7, 11) is 5.57. The van der Waals surface area contributed by atoms with Gasteiger partial charge in [0.15, 0.2) is 23.1 Å². The predicted molar refractivity (Wildman–Crippen MR) is 530 cm³/mol. The lowest BCUT2D eigenvalue weighted by molar-refractivity contribution is -0.143. The molecule has 0 saturated heterocycles. The van der Waals surface area contributed by atoms with E-state index in [9.17, 15) is 118 Å². The van der Waals surface area contributed by atoms with E-state index in [1.54, 1.807) is 0 Å². The highest BCUT2D eigenvalue weighted by molar-refractivity contribution is 5.99. The molecule has 0 spiro atoms. The van der Waals surface area contributed by atoms with Gasteiger partial charge in [0.25, 0.3) is 0 Å². The first kappa shape index (κ1) is 122. The number of aliphatic hydroxyl groups excluding tert-OH is 8. The van der Waals surface area contributed by atoms with E-state index >= 15 is 0 Å². The Labute approximate surface area is 829 Å².